The molecule has 2 aromatic rings. The van der Waals surface area contributed by atoms with Crippen LogP contribution in [0.25, 0.3) is 0 Å². The Hall–Kier alpha value is -2.30. The van der Waals surface area contributed by atoms with E-state index in [1.165, 1.54) is 38.5 Å². The summed E-state index contributed by atoms with van der Waals surface area (Å²) in [5.74, 6) is 3.64. The Morgan fingerprint density at radius 3 is 2.59 bits per heavy atom. The van der Waals surface area contributed by atoms with E-state index in [0.717, 1.165) is 41.3 Å². The van der Waals surface area contributed by atoms with Gasteiger partial charge in [0.2, 0.25) is 5.91 Å². The van der Waals surface area contributed by atoms with Gasteiger partial charge in [-0.1, -0.05) is 6.07 Å². The Kier molecular flexibility index (Phi) is 4.84. The van der Waals surface area contributed by atoms with E-state index in [4.69, 9.17) is 4.74 Å². The van der Waals surface area contributed by atoms with E-state index in [9.17, 15) is 4.79 Å². The topological polar surface area (TPSA) is 56.1 Å². The normalized spacial score (nSPS) is 29.8. The third-order valence-corrected chi connectivity index (χ3v) is 7.43. The van der Waals surface area contributed by atoms with Crippen molar-refractivity contribution in [2.75, 3.05) is 11.9 Å². The number of hydrogen-bond donors (Lipinski definition) is 1. The largest absolute Gasteiger partial charge is 0.491 e. The van der Waals surface area contributed by atoms with Gasteiger partial charge < -0.3 is 14.6 Å². The molecule has 1 aromatic heterocycles. The van der Waals surface area contributed by atoms with Crippen LogP contribution < -0.4 is 10.1 Å². The lowest BCUT2D eigenvalue weighted by Gasteiger charge is -2.56. The molecule has 0 radical (unpaired) electrons. The summed E-state index contributed by atoms with van der Waals surface area (Å²) >= 11 is 0. The number of imidazole rings is 1. The van der Waals surface area contributed by atoms with E-state index in [1.807, 2.05) is 35.9 Å². The summed E-state index contributed by atoms with van der Waals surface area (Å²) in [5.41, 5.74) is 2.14. The molecule has 4 bridgehead atoms. The highest BCUT2D eigenvalue weighted by atomic mass is 16.5. The minimum absolute atomic E-state index is 0.172. The van der Waals surface area contributed by atoms with E-state index in [2.05, 4.69) is 10.3 Å². The molecule has 4 fully saturated rings. The highest BCUT2D eigenvalue weighted by molar-refractivity contribution is 5.92. The van der Waals surface area contributed by atoms with E-state index in [1.54, 1.807) is 12.5 Å². The zero-order valence-corrected chi connectivity index (χ0v) is 17.3. The van der Waals surface area contributed by atoms with Crippen molar-refractivity contribution in [1.82, 2.24) is 9.55 Å². The number of carbonyl (C=O) groups excluding carboxylic acids is 1. The van der Waals surface area contributed by atoms with Crippen molar-refractivity contribution < 1.29 is 9.53 Å². The van der Waals surface area contributed by atoms with Crippen LogP contribution in [-0.2, 0) is 11.3 Å². The molecule has 29 heavy (non-hydrogen) atoms. The van der Waals surface area contributed by atoms with Gasteiger partial charge >= 0.3 is 0 Å². The molecule has 5 heteroatoms. The number of rotatable bonds is 7. The van der Waals surface area contributed by atoms with Crippen LogP contribution in [0.15, 0.2) is 36.9 Å². The molecule has 1 N–H and O–H groups in total. The van der Waals surface area contributed by atoms with Crippen molar-refractivity contribution in [2.45, 2.75) is 58.4 Å². The second-order valence-corrected chi connectivity index (χ2v) is 9.72. The van der Waals surface area contributed by atoms with E-state index in [0.29, 0.717) is 13.0 Å². The molecule has 6 rings (SSSR count). The van der Waals surface area contributed by atoms with Gasteiger partial charge in [-0.3, -0.25) is 4.79 Å². The molecular weight excluding hydrogens is 362 g/mol. The van der Waals surface area contributed by atoms with E-state index < -0.39 is 0 Å². The number of carbonyl (C=O) groups is 1. The highest BCUT2D eigenvalue weighted by Gasteiger charge is 2.51. The van der Waals surface area contributed by atoms with Gasteiger partial charge in [-0.2, -0.15) is 0 Å². The van der Waals surface area contributed by atoms with Gasteiger partial charge in [-0.25, -0.2) is 4.98 Å². The van der Waals surface area contributed by atoms with Crippen molar-refractivity contribution >= 4 is 11.6 Å². The Morgan fingerprint density at radius 1 is 1.21 bits per heavy atom. The first kappa shape index (κ1) is 18.7. The zero-order chi connectivity index (χ0) is 19.8. The Morgan fingerprint density at radius 2 is 1.93 bits per heavy atom. The lowest BCUT2D eigenvalue weighted by atomic mass is 9.49. The Balaban J connectivity index is 1.20. The molecule has 1 amide bonds. The average Bonchev–Trinajstić information content (AvgIpc) is 3.16. The summed E-state index contributed by atoms with van der Waals surface area (Å²) in [7, 11) is 0. The first-order valence-electron chi connectivity index (χ1n) is 11.1. The number of hydrogen-bond acceptors (Lipinski definition) is 3. The fourth-order valence-corrected chi connectivity index (χ4v) is 6.63. The van der Waals surface area contributed by atoms with Crippen LogP contribution in [0.5, 0.6) is 5.75 Å². The zero-order valence-electron chi connectivity index (χ0n) is 17.3. The second kappa shape index (κ2) is 7.51. The fraction of sp³-hybridized carbons (Fsp3) is 0.583. The molecule has 0 spiro atoms. The first-order chi connectivity index (χ1) is 14.1. The maximum Gasteiger partial charge on any atom is 0.224 e. The smallest absolute Gasteiger partial charge is 0.224 e. The highest BCUT2D eigenvalue weighted by Crippen LogP contribution is 2.61. The average molecular weight is 394 g/mol. The predicted octanol–water partition coefficient (Wildman–Crippen LogP) is 4.82. The van der Waals surface area contributed by atoms with Crippen LogP contribution in [-0.4, -0.2) is 22.1 Å². The third kappa shape index (κ3) is 3.92. The van der Waals surface area contributed by atoms with Gasteiger partial charge in [0.15, 0.2) is 0 Å². The van der Waals surface area contributed by atoms with Crippen LogP contribution in [0, 0.1) is 30.1 Å². The lowest BCUT2D eigenvalue weighted by Crippen LogP contribution is -2.47. The molecule has 4 aliphatic carbocycles. The fourth-order valence-electron chi connectivity index (χ4n) is 6.63. The summed E-state index contributed by atoms with van der Waals surface area (Å²) < 4.78 is 7.96. The molecule has 0 saturated heterocycles. The van der Waals surface area contributed by atoms with E-state index in [-0.39, 0.29) is 11.3 Å². The number of amides is 1. The standard InChI is InChI=1S/C24H31N3O2/c1-17-21(3-2-4-22(17)29-8-7-27-6-5-25-16-27)26-23(28)15-24-12-18-9-19(13-24)11-20(10-18)14-24/h2-6,16,18-20H,7-15H2,1H3,(H,26,28). The van der Waals surface area contributed by atoms with Gasteiger partial charge in [0.1, 0.15) is 12.4 Å². The predicted molar refractivity (Wildman–Crippen MR) is 113 cm³/mol. The second-order valence-electron chi connectivity index (χ2n) is 9.72. The van der Waals surface area contributed by atoms with Crippen molar-refractivity contribution in [2.24, 2.45) is 23.2 Å². The summed E-state index contributed by atoms with van der Waals surface area (Å²) in [5, 5.41) is 3.20. The Labute approximate surface area is 172 Å². The maximum atomic E-state index is 13.0. The van der Waals surface area contributed by atoms with Crippen LogP contribution in [0.1, 0.15) is 50.5 Å². The van der Waals surface area contributed by atoms with Gasteiger partial charge in [0.05, 0.1) is 12.9 Å². The number of nitrogens with one attached hydrogen (secondary N) is 1. The molecule has 0 unspecified atom stereocenters. The molecule has 5 nitrogen and oxygen atoms in total. The number of nitrogens with zero attached hydrogens (tertiary/aromatic N) is 2. The Bertz CT molecular complexity index is 839. The van der Waals surface area contributed by atoms with E-state index >= 15 is 0 Å². The quantitative estimate of drug-likeness (QED) is 0.734. The molecule has 154 valence electrons. The van der Waals surface area contributed by atoms with Crippen LogP contribution in [0.4, 0.5) is 5.69 Å². The number of benzene rings is 1. The summed E-state index contributed by atoms with van der Waals surface area (Å²) in [4.78, 5) is 17.0. The molecule has 1 heterocycles. The molecule has 0 atom stereocenters. The van der Waals surface area contributed by atoms with Gasteiger partial charge in [-0.05, 0) is 80.8 Å². The van der Waals surface area contributed by atoms with Crippen LogP contribution >= 0.6 is 0 Å². The first-order valence-corrected chi connectivity index (χ1v) is 11.1. The van der Waals surface area contributed by atoms with Gasteiger partial charge in [0, 0.05) is 30.1 Å². The van der Waals surface area contributed by atoms with Crippen molar-refractivity contribution in [3.05, 3.63) is 42.5 Å². The number of aromatic nitrogens is 2. The SMILES string of the molecule is Cc1c(NC(=O)CC23CC4CC(CC(C4)C2)C3)cccc1OCCn1ccnc1. The number of anilines is 1. The van der Waals surface area contributed by atoms with Crippen molar-refractivity contribution in [1.29, 1.82) is 0 Å². The summed E-state index contributed by atoms with van der Waals surface area (Å²) in [6.45, 7) is 3.34. The van der Waals surface area contributed by atoms with Crippen molar-refractivity contribution in [3.63, 3.8) is 0 Å². The summed E-state index contributed by atoms with van der Waals surface area (Å²) in [6.07, 6.45) is 14.2. The summed E-state index contributed by atoms with van der Waals surface area (Å²) in [6, 6.07) is 5.91. The lowest BCUT2D eigenvalue weighted by molar-refractivity contribution is -0.124. The van der Waals surface area contributed by atoms with Crippen molar-refractivity contribution in [3.8, 4) is 5.75 Å². The molecule has 4 aliphatic rings. The molecular formula is C24H31N3O2. The molecule has 1 aromatic carbocycles. The van der Waals surface area contributed by atoms with Crippen LogP contribution in [0.3, 0.4) is 0 Å². The number of ether oxygens (including phenoxy) is 1. The molecule has 4 saturated carbocycles. The third-order valence-electron chi connectivity index (χ3n) is 7.43. The maximum absolute atomic E-state index is 13.0. The minimum atomic E-state index is 0.172. The van der Waals surface area contributed by atoms with Gasteiger partial charge in [-0.15, -0.1) is 0 Å². The van der Waals surface area contributed by atoms with Crippen LogP contribution in [0.2, 0.25) is 0 Å². The monoisotopic (exact) mass is 393 g/mol. The molecule has 0 aliphatic heterocycles. The minimum Gasteiger partial charge on any atom is -0.491 e. The van der Waals surface area contributed by atoms with Gasteiger partial charge in [0.25, 0.3) is 0 Å².